The molecule has 0 radical (unpaired) electrons. The molecule has 2 aromatic rings. The van der Waals surface area contributed by atoms with E-state index in [-0.39, 0.29) is 12.3 Å². The number of benzene rings is 1. The summed E-state index contributed by atoms with van der Waals surface area (Å²) in [5, 5.41) is 3.91. The van der Waals surface area contributed by atoms with E-state index in [1.807, 2.05) is 18.2 Å². The molecule has 2 rings (SSSR count). The van der Waals surface area contributed by atoms with Gasteiger partial charge in [-0.1, -0.05) is 30.3 Å². The van der Waals surface area contributed by atoms with Crippen molar-refractivity contribution in [2.45, 2.75) is 13.5 Å². The van der Waals surface area contributed by atoms with Crippen molar-refractivity contribution in [3.05, 3.63) is 48.2 Å². The lowest BCUT2D eigenvalue weighted by Crippen LogP contribution is -2.41. The highest BCUT2D eigenvalue weighted by atomic mass is 16.4. The fourth-order valence-electron chi connectivity index (χ4n) is 1.30. The summed E-state index contributed by atoms with van der Waals surface area (Å²) in [6.45, 7) is 1.98. The molecular formula is C11H11N2O2+. The maximum absolute atomic E-state index is 11.8. The molecule has 0 spiro atoms. The van der Waals surface area contributed by atoms with Crippen LogP contribution in [0.15, 0.2) is 41.1 Å². The van der Waals surface area contributed by atoms with Crippen LogP contribution in [0.1, 0.15) is 16.2 Å². The molecule has 0 saturated heterocycles. The second-order valence-electron chi connectivity index (χ2n) is 3.20. The Morgan fingerprint density at radius 2 is 2.13 bits per heavy atom. The number of Topliss-reactive ketones (excluding diaryl/α,β-unsaturated/α-hetero) is 1. The first-order chi connectivity index (χ1) is 7.27. The molecule has 0 fully saturated rings. The third kappa shape index (κ3) is 2.10. The molecule has 0 amide bonds. The molecule has 0 saturated carbocycles. The van der Waals surface area contributed by atoms with Gasteiger partial charge in [0.05, 0.1) is 6.92 Å². The molecule has 0 atom stereocenters. The average Bonchev–Trinajstić information content (AvgIpc) is 2.66. The van der Waals surface area contributed by atoms with Gasteiger partial charge in [-0.2, -0.15) is 0 Å². The Kier molecular flexibility index (Phi) is 2.58. The van der Waals surface area contributed by atoms with E-state index in [2.05, 4.69) is 5.10 Å². The topological polar surface area (TPSA) is 47.0 Å². The Hall–Kier alpha value is -1.97. The number of rotatable bonds is 3. The molecule has 1 aromatic carbocycles. The van der Waals surface area contributed by atoms with E-state index in [4.69, 9.17) is 4.42 Å². The van der Waals surface area contributed by atoms with Crippen molar-refractivity contribution in [3.8, 4) is 0 Å². The zero-order valence-corrected chi connectivity index (χ0v) is 8.38. The van der Waals surface area contributed by atoms with E-state index in [1.165, 1.54) is 11.1 Å². The van der Waals surface area contributed by atoms with Crippen LogP contribution in [-0.2, 0) is 6.54 Å². The summed E-state index contributed by atoms with van der Waals surface area (Å²) in [5.41, 5.74) is 0.687. The van der Waals surface area contributed by atoms with Crippen LogP contribution in [0.2, 0.25) is 0 Å². The molecule has 0 aliphatic heterocycles. The van der Waals surface area contributed by atoms with Crippen molar-refractivity contribution < 1.29 is 13.9 Å². The van der Waals surface area contributed by atoms with Crippen LogP contribution < -0.4 is 4.68 Å². The average molecular weight is 203 g/mol. The van der Waals surface area contributed by atoms with E-state index in [1.54, 1.807) is 19.1 Å². The highest BCUT2D eigenvalue weighted by Crippen LogP contribution is 1.99. The summed E-state index contributed by atoms with van der Waals surface area (Å²) in [4.78, 5) is 11.8. The number of carbonyl (C=O) groups is 1. The number of hydrogen-bond donors (Lipinski definition) is 0. The summed E-state index contributed by atoms with van der Waals surface area (Å²) >= 11 is 0. The number of ketones is 1. The van der Waals surface area contributed by atoms with Gasteiger partial charge in [-0.15, -0.1) is 0 Å². The summed E-state index contributed by atoms with van der Waals surface area (Å²) < 4.78 is 6.54. The van der Waals surface area contributed by atoms with Crippen molar-refractivity contribution in [1.29, 1.82) is 0 Å². The number of aromatic nitrogens is 2. The van der Waals surface area contributed by atoms with Gasteiger partial charge in [0.25, 0.3) is 6.39 Å². The zero-order valence-electron chi connectivity index (χ0n) is 8.38. The van der Waals surface area contributed by atoms with Gasteiger partial charge in [0.1, 0.15) is 0 Å². The lowest BCUT2D eigenvalue weighted by molar-refractivity contribution is -0.747. The number of aryl methyl sites for hydroxylation is 1. The highest BCUT2D eigenvalue weighted by molar-refractivity contribution is 5.94. The number of carbonyl (C=O) groups excluding carboxylic acids is 1. The first kappa shape index (κ1) is 9.58. The summed E-state index contributed by atoms with van der Waals surface area (Å²) in [6, 6.07) is 9.14. The van der Waals surface area contributed by atoms with Crippen LogP contribution in [0.4, 0.5) is 0 Å². The third-order valence-electron chi connectivity index (χ3n) is 2.16. The molecule has 0 aliphatic rings. The molecular weight excluding hydrogens is 192 g/mol. The van der Waals surface area contributed by atoms with Gasteiger partial charge in [-0.25, -0.2) is 0 Å². The molecule has 4 heteroatoms. The van der Waals surface area contributed by atoms with Crippen molar-refractivity contribution in [3.63, 3.8) is 0 Å². The van der Waals surface area contributed by atoms with E-state index >= 15 is 0 Å². The van der Waals surface area contributed by atoms with Gasteiger partial charge < -0.3 is 4.42 Å². The van der Waals surface area contributed by atoms with Gasteiger partial charge in [-0.3, -0.25) is 4.79 Å². The van der Waals surface area contributed by atoms with E-state index in [0.29, 0.717) is 11.5 Å². The maximum Gasteiger partial charge on any atom is 0.371 e. The van der Waals surface area contributed by atoms with Crippen LogP contribution in [0.3, 0.4) is 0 Å². The van der Waals surface area contributed by atoms with Crippen LogP contribution in [0.5, 0.6) is 0 Å². The predicted molar refractivity (Wildman–Crippen MR) is 52.2 cm³/mol. The van der Waals surface area contributed by atoms with Gasteiger partial charge >= 0.3 is 5.89 Å². The SMILES string of the molecule is Cc1ocn[n+]1CC(=O)c1ccccc1. The fraction of sp³-hybridized carbons (Fsp3) is 0.182. The first-order valence-corrected chi connectivity index (χ1v) is 4.66. The molecule has 0 N–H and O–H groups in total. The first-order valence-electron chi connectivity index (χ1n) is 4.66. The second kappa shape index (κ2) is 4.04. The van der Waals surface area contributed by atoms with Crippen molar-refractivity contribution in [2.24, 2.45) is 0 Å². The molecule has 76 valence electrons. The Bertz CT molecular complexity index is 462. The lowest BCUT2D eigenvalue weighted by atomic mass is 10.1. The van der Waals surface area contributed by atoms with Gasteiger partial charge in [0.15, 0.2) is 0 Å². The minimum absolute atomic E-state index is 0.0256. The predicted octanol–water partition coefficient (Wildman–Crippen LogP) is 1.15. The molecule has 4 nitrogen and oxygen atoms in total. The molecule has 1 heterocycles. The van der Waals surface area contributed by atoms with Crippen molar-refractivity contribution >= 4 is 5.78 Å². The minimum Gasteiger partial charge on any atom is -0.389 e. The van der Waals surface area contributed by atoms with E-state index in [0.717, 1.165) is 0 Å². The Morgan fingerprint density at radius 1 is 1.40 bits per heavy atom. The fourth-order valence-corrected chi connectivity index (χ4v) is 1.30. The molecule has 0 bridgehead atoms. The summed E-state index contributed by atoms with van der Waals surface area (Å²) in [5.74, 6) is 0.650. The minimum atomic E-state index is 0.0256. The van der Waals surface area contributed by atoms with Crippen LogP contribution in [0.25, 0.3) is 0 Å². The Balaban J connectivity index is 2.15. The lowest BCUT2D eigenvalue weighted by Gasteiger charge is -1.94. The van der Waals surface area contributed by atoms with Crippen molar-refractivity contribution in [1.82, 2.24) is 5.10 Å². The highest BCUT2D eigenvalue weighted by Gasteiger charge is 2.17. The summed E-state index contributed by atoms with van der Waals surface area (Å²) in [7, 11) is 0. The third-order valence-corrected chi connectivity index (χ3v) is 2.16. The number of hydrogen-bond acceptors (Lipinski definition) is 3. The monoisotopic (exact) mass is 203 g/mol. The van der Waals surface area contributed by atoms with Crippen molar-refractivity contribution in [2.75, 3.05) is 0 Å². The molecule has 0 unspecified atom stereocenters. The number of nitrogens with zero attached hydrogens (tertiary/aromatic N) is 2. The molecule has 15 heavy (non-hydrogen) atoms. The molecule has 0 aliphatic carbocycles. The van der Waals surface area contributed by atoms with Gasteiger partial charge in [0, 0.05) is 10.7 Å². The Labute approximate surface area is 87.2 Å². The van der Waals surface area contributed by atoms with Crippen LogP contribution >= 0.6 is 0 Å². The largest absolute Gasteiger partial charge is 0.389 e. The van der Waals surface area contributed by atoms with Crippen LogP contribution in [-0.4, -0.2) is 10.9 Å². The normalized spacial score (nSPS) is 10.2. The molecule has 1 aromatic heterocycles. The quantitative estimate of drug-likeness (QED) is 0.555. The Morgan fingerprint density at radius 3 is 2.73 bits per heavy atom. The zero-order chi connectivity index (χ0) is 10.7. The van der Waals surface area contributed by atoms with Crippen LogP contribution in [0, 0.1) is 6.92 Å². The van der Waals surface area contributed by atoms with Gasteiger partial charge in [0.2, 0.25) is 12.3 Å². The standard InChI is InChI=1S/C11H11N2O2/c1-9-13(12-8-15-9)7-11(14)10-5-3-2-4-6-10/h2-6,8H,7H2,1H3/q+1. The maximum atomic E-state index is 11.8. The summed E-state index contributed by atoms with van der Waals surface area (Å²) in [6.07, 6.45) is 1.33. The van der Waals surface area contributed by atoms with E-state index in [9.17, 15) is 4.79 Å². The smallest absolute Gasteiger partial charge is 0.371 e. The van der Waals surface area contributed by atoms with E-state index < -0.39 is 0 Å². The second-order valence-corrected chi connectivity index (χ2v) is 3.20. The van der Waals surface area contributed by atoms with Gasteiger partial charge in [-0.05, 0) is 4.68 Å².